The van der Waals surface area contributed by atoms with Gasteiger partial charge in [0.15, 0.2) is 0 Å². The molecule has 50 heavy (non-hydrogen) atoms. The minimum Gasteiger partial charge on any atom is -0.347 e. The molecule has 0 N–H and O–H groups in total. The molecule has 1 aliphatic rings. The highest BCUT2D eigenvalue weighted by Gasteiger charge is 2.40. The third-order valence-corrected chi connectivity index (χ3v) is 11.1. The van der Waals surface area contributed by atoms with Crippen LogP contribution in [0.3, 0.4) is 0 Å². The normalized spacial score (nSPS) is 13.4. The first-order valence-electron chi connectivity index (χ1n) is 16.5. The van der Waals surface area contributed by atoms with Crippen molar-refractivity contribution >= 4 is 44.3 Å². The summed E-state index contributed by atoms with van der Waals surface area (Å²) in [6, 6.07) is 38.7. The van der Waals surface area contributed by atoms with Crippen molar-refractivity contribution in [3.05, 3.63) is 167 Å². The molecule has 0 radical (unpaired) electrons. The van der Waals surface area contributed by atoms with E-state index in [9.17, 15) is 18.0 Å². The average Bonchev–Trinajstić information content (AvgIpc) is 3.54. The van der Waals surface area contributed by atoms with Crippen molar-refractivity contribution in [2.75, 3.05) is 10.8 Å². The fraction of sp³-hybridized carbons (Fsp3) is 0.146. The first-order chi connectivity index (χ1) is 24.2. The molecule has 9 heteroatoms. The molecule has 6 aromatic rings. The molecule has 0 fully saturated rings. The quantitative estimate of drug-likeness (QED) is 0.142. The molecule has 250 valence electrons. The lowest BCUT2D eigenvalue weighted by Crippen LogP contribution is -2.40. The van der Waals surface area contributed by atoms with Crippen LogP contribution in [0.15, 0.2) is 138 Å². The van der Waals surface area contributed by atoms with E-state index in [2.05, 4.69) is 0 Å². The maximum Gasteiger partial charge on any atom is 0.270 e. The van der Waals surface area contributed by atoms with Crippen molar-refractivity contribution in [3.8, 4) is 0 Å². The number of fused-ring (bicyclic) bond motifs is 2. The summed E-state index contributed by atoms with van der Waals surface area (Å²) in [4.78, 5) is 42.8. The summed E-state index contributed by atoms with van der Waals surface area (Å²) in [5.41, 5.74) is 4.92. The number of hydrogen-bond donors (Lipinski definition) is 0. The van der Waals surface area contributed by atoms with E-state index in [1.165, 1.54) is 17.0 Å². The topological polar surface area (TPSA) is 96.8 Å². The molecule has 7 rings (SSSR count). The molecular weight excluding hydrogens is 647 g/mol. The third-order valence-electron chi connectivity index (χ3n) is 9.36. The van der Waals surface area contributed by atoms with Crippen LogP contribution in [0.4, 0.5) is 5.69 Å². The Labute approximate surface area is 291 Å². The number of benzene rings is 5. The lowest BCUT2D eigenvalue weighted by atomic mass is 9.87. The largest absolute Gasteiger partial charge is 0.347 e. The number of imide groups is 1. The molecule has 1 aromatic heterocycles. The van der Waals surface area contributed by atoms with E-state index in [0.717, 1.165) is 26.5 Å². The first-order valence-corrected chi connectivity index (χ1v) is 17.9. The zero-order valence-electron chi connectivity index (χ0n) is 27.7. The van der Waals surface area contributed by atoms with Crippen LogP contribution in [-0.2, 0) is 28.3 Å². The van der Waals surface area contributed by atoms with Crippen molar-refractivity contribution in [1.82, 2.24) is 9.47 Å². The predicted molar refractivity (Wildman–Crippen MR) is 194 cm³/mol. The van der Waals surface area contributed by atoms with Gasteiger partial charge in [0.25, 0.3) is 27.7 Å². The monoisotopic (exact) mass is 681 g/mol. The van der Waals surface area contributed by atoms with Crippen molar-refractivity contribution in [1.29, 1.82) is 0 Å². The first kappa shape index (κ1) is 32.7. The molecule has 1 atom stereocenters. The van der Waals surface area contributed by atoms with Gasteiger partial charge in [0, 0.05) is 30.2 Å². The Hall–Kier alpha value is -5.80. The van der Waals surface area contributed by atoms with E-state index in [-0.39, 0.29) is 28.9 Å². The van der Waals surface area contributed by atoms with Gasteiger partial charge in [-0.05, 0) is 73.4 Å². The maximum atomic E-state index is 15.3. The number of carbonyl (C=O) groups is 3. The Kier molecular flexibility index (Phi) is 8.67. The number of para-hydroxylation sites is 2. The van der Waals surface area contributed by atoms with Crippen LogP contribution >= 0.6 is 0 Å². The molecule has 5 aromatic carbocycles. The van der Waals surface area contributed by atoms with Crippen LogP contribution in [0, 0.1) is 6.92 Å². The summed E-state index contributed by atoms with van der Waals surface area (Å²) in [6.45, 7) is 2.06. The SMILES string of the molecule is Cc1ccc(S(=O)(=O)N(C(=O)C(c2ccccc2)c2c(CCCN3C(=O)c4ccccc4C3=O)n(C)c3ccccc23)c2ccccc2)cc1. The van der Waals surface area contributed by atoms with Crippen LogP contribution in [-0.4, -0.2) is 42.2 Å². The van der Waals surface area contributed by atoms with E-state index >= 15 is 4.79 Å². The van der Waals surface area contributed by atoms with Crippen molar-refractivity contribution < 1.29 is 22.8 Å². The van der Waals surface area contributed by atoms with Gasteiger partial charge in [-0.2, -0.15) is 0 Å². The lowest BCUT2D eigenvalue weighted by Gasteiger charge is -2.28. The van der Waals surface area contributed by atoms with Crippen LogP contribution < -0.4 is 4.31 Å². The number of aromatic nitrogens is 1. The highest BCUT2D eigenvalue weighted by Crippen LogP contribution is 2.40. The number of carbonyl (C=O) groups excluding carboxylic acids is 3. The summed E-state index contributed by atoms with van der Waals surface area (Å²) in [5.74, 6) is -2.28. The molecule has 8 nitrogen and oxygen atoms in total. The number of nitrogens with zero attached hydrogens (tertiary/aromatic N) is 3. The number of hydrogen-bond acceptors (Lipinski definition) is 5. The van der Waals surface area contributed by atoms with Crippen LogP contribution in [0.2, 0.25) is 0 Å². The molecule has 2 heterocycles. The lowest BCUT2D eigenvalue weighted by molar-refractivity contribution is -0.118. The average molecular weight is 682 g/mol. The van der Waals surface area contributed by atoms with Crippen LogP contribution in [0.5, 0.6) is 0 Å². The van der Waals surface area contributed by atoms with Gasteiger partial charge in [-0.1, -0.05) is 96.6 Å². The summed E-state index contributed by atoms with van der Waals surface area (Å²) < 4.78 is 32.0. The van der Waals surface area contributed by atoms with Crippen LogP contribution in [0.25, 0.3) is 10.9 Å². The Bertz CT molecular complexity index is 2320. The van der Waals surface area contributed by atoms with E-state index in [4.69, 9.17) is 0 Å². The highest BCUT2D eigenvalue weighted by atomic mass is 32.2. The molecule has 0 spiro atoms. The number of rotatable bonds is 10. The smallest absolute Gasteiger partial charge is 0.270 e. The number of sulfonamides is 1. The van der Waals surface area contributed by atoms with Gasteiger partial charge in [0.1, 0.15) is 0 Å². The molecular formula is C41H35N3O5S. The standard InChI is InChI=1S/C41H35N3O5S/c1-28-23-25-31(26-24-28)50(48,49)44(30-16-7-4-8-17-30)41(47)37(29-14-5-3-6-15-29)38-34-20-11-12-21-35(34)42(2)36(38)22-13-27-43-39(45)32-18-9-10-19-33(32)40(43)46/h3-12,14-21,23-26,37H,13,22,27H2,1-2H3. The zero-order valence-corrected chi connectivity index (χ0v) is 28.5. The van der Waals surface area contributed by atoms with Crippen molar-refractivity contribution in [3.63, 3.8) is 0 Å². The van der Waals surface area contributed by atoms with E-state index in [0.29, 0.717) is 35.1 Å². The summed E-state index contributed by atoms with van der Waals surface area (Å²) in [6.07, 6.45) is 0.850. The second kappa shape index (κ2) is 13.2. The summed E-state index contributed by atoms with van der Waals surface area (Å²) >= 11 is 0. The van der Waals surface area contributed by atoms with Crippen molar-refractivity contribution in [2.24, 2.45) is 7.05 Å². The molecule has 0 bridgehead atoms. The summed E-state index contributed by atoms with van der Waals surface area (Å²) in [5, 5.41) is 0.814. The summed E-state index contributed by atoms with van der Waals surface area (Å²) in [7, 11) is -2.44. The maximum absolute atomic E-state index is 15.3. The fourth-order valence-electron chi connectivity index (χ4n) is 6.91. The Balaban J connectivity index is 1.35. The Morgan fingerprint density at radius 2 is 1.28 bits per heavy atom. The van der Waals surface area contributed by atoms with Gasteiger partial charge < -0.3 is 4.57 Å². The second-order valence-corrected chi connectivity index (χ2v) is 14.2. The molecule has 1 aliphatic heterocycles. The fourth-order valence-corrected chi connectivity index (χ4v) is 8.34. The number of amides is 3. The Morgan fingerprint density at radius 3 is 1.92 bits per heavy atom. The number of anilines is 1. The predicted octanol–water partition coefficient (Wildman–Crippen LogP) is 7.27. The highest BCUT2D eigenvalue weighted by molar-refractivity contribution is 7.93. The van der Waals surface area contributed by atoms with Gasteiger partial charge >= 0.3 is 0 Å². The van der Waals surface area contributed by atoms with Gasteiger partial charge in [-0.15, -0.1) is 0 Å². The van der Waals surface area contributed by atoms with E-state index in [1.54, 1.807) is 66.7 Å². The minimum atomic E-state index is -4.36. The zero-order chi connectivity index (χ0) is 35.0. The van der Waals surface area contributed by atoms with Gasteiger partial charge in [-0.25, -0.2) is 12.7 Å². The van der Waals surface area contributed by atoms with Crippen LogP contribution in [0.1, 0.15) is 55.4 Å². The third kappa shape index (κ3) is 5.69. The molecule has 0 saturated carbocycles. The van der Waals surface area contributed by atoms with Gasteiger partial charge in [0.2, 0.25) is 0 Å². The molecule has 0 saturated heterocycles. The minimum absolute atomic E-state index is 0.00574. The second-order valence-electron chi connectivity index (χ2n) is 12.4. The molecule has 3 amide bonds. The van der Waals surface area contributed by atoms with Crippen molar-refractivity contribution in [2.45, 2.75) is 30.6 Å². The molecule has 0 aliphatic carbocycles. The number of aryl methyl sites for hydroxylation is 2. The molecule has 1 unspecified atom stereocenters. The van der Waals surface area contributed by atoms with Gasteiger partial charge in [-0.3, -0.25) is 19.3 Å². The Morgan fingerprint density at radius 1 is 0.720 bits per heavy atom. The van der Waals surface area contributed by atoms with E-state index < -0.39 is 21.8 Å². The van der Waals surface area contributed by atoms with Gasteiger partial charge in [0.05, 0.1) is 27.6 Å². The van der Waals surface area contributed by atoms with E-state index in [1.807, 2.05) is 73.1 Å².